The number of guanidine groups is 1. The van der Waals surface area contributed by atoms with Crippen LogP contribution in [0.2, 0.25) is 0 Å². The molecule has 0 aliphatic rings. The third kappa shape index (κ3) is 5.54. The van der Waals surface area contributed by atoms with Crippen molar-refractivity contribution in [3.8, 4) is 6.07 Å². The van der Waals surface area contributed by atoms with E-state index >= 15 is 0 Å². The van der Waals surface area contributed by atoms with E-state index < -0.39 is 5.82 Å². The van der Waals surface area contributed by atoms with Gasteiger partial charge in [-0.05, 0) is 29.8 Å². The molecule has 140 valence electrons. The molecule has 6 nitrogen and oxygen atoms in total. The number of rotatable bonds is 5. The van der Waals surface area contributed by atoms with Gasteiger partial charge in [0.25, 0.3) is 5.91 Å². The van der Waals surface area contributed by atoms with Crippen molar-refractivity contribution >= 4 is 11.9 Å². The Kier molecular flexibility index (Phi) is 6.89. The molecule has 0 aliphatic carbocycles. The van der Waals surface area contributed by atoms with E-state index in [4.69, 9.17) is 5.26 Å². The molecule has 0 heterocycles. The van der Waals surface area contributed by atoms with Crippen LogP contribution >= 0.6 is 0 Å². The molecule has 0 atom stereocenters. The predicted octanol–water partition coefficient (Wildman–Crippen LogP) is 2.26. The van der Waals surface area contributed by atoms with Crippen molar-refractivity contribution in [2.45, 2.75) is 13.1 Å². The summed E-state index contributed by atoms with van der Waals surface area (Å²) < 4.78 is 13.9. The van der Waals surface area contributed by atoms with Gasteiger partial charge in [0, 0.05) is 45.4 Å². The zero-order valence-electron chi connectivity index (χ0n) is 15.6. The molecule has 2 aromatic rings. The maximum absolute atomic E-state index is 13.9. The number of carbonyl (C=O) groups excluding carboxylic acids is 1. The molecule has 0 aliphatic heterocycles. The fourth-order valence-corrected chi connectivity index (χ4v) is 2.37. The molecule has 7 heteroatoms. The summed E-state index contributed by atoms with van der Waals surface area (Å²) in [5.41, 5.74) is 2.35. The van der Waals surface area contributed by atoms with E-state index in [1.165, 1.54) is 11.0 Å². The molecular formula is C20H22FN5O. The van der Waals surface area contributed by atoms with Crippen molar-refractivity contribution in [3.05, 3.63) is 70.5 Å². The van der Waals surface area contributed by atoms with Gasteiger partial charge in [-0.15, -0.1) is 0 Å². The van der Waals surface area contributed by atoms with Crippen LogP contribution in [-0.4, -0.2) is 37.9 Å². The summed E-state index contributed by atoms with van der Waals surface area (Å²) in [5, 5.41) is 15.0. The summed E-state index contributed by atoms with van der Waals surface area (Å²) in [4.78, 5) is 17.5. The van der Waals surface area contributed by atoms with E-state index in [1.807, 2.05) is 18.2 Å². The van der Waals surface area contributed by atoms with E-state index in [-0.39, 0.29) is 18.0 Å². The third-order valence-electron chi connectivity index (χ3n) is 3.92. The SMILES string of the molecule is CN=C(NCc1ccc(C(=O)N(C)C)cc1)NCc1ccc(C#N)cc1F. The number of aliphatic imine (C=N–C) groups is 1. The van der Waals surface area contributed by atoms with E-state index in [2.05, 4.69) is 15.6 Å². The monoisotopic (exact) mass is 367 g/mol. The predicted molar refractivity (Wildman–Crippen MR) is 103 cm³/mol. The Bertz CT molecular complexity index is 869. The van der Waals surface area contributed by atoms with E-state index in [1.54, 1.807) is 45.4 Å². The van der Waals surface area contributed by atoms with Crippen LogP contribution < -0.4 is 10.6 Å². The number of amides is 1. The summed E-state index contributed by atoms with van der Waals surface area (Å²) in [6.45, 7) is 0.749. The molecule has 0 unspecified atom stereocenters. The lowest BCUT2D eigenvalue weighted by molar-refractivity contribution is 0.0827. The van der Waals surface area contributed by atoms with Crippen LogP contribution in [0.3, 0.4) is 0 Å². The Hall–Kier alpha value is -3.40. The smallest absolute Gasteiger partial charge is 0.253 e. The summed E-state index contributed by atoms with van der Waals surface area (Å²) in [6.07, 6.45) is 0. The Morgan fingerprint density at radius 2 is 1.81 bits per heavy atom. The van der Waals surface area contributed by atoms with Crippen LogP contribution in [0.15, 0.2) is 47.5 Å². The van der Waals surface area contributed by atoms with Crippen LogP contribution in [0, 0.1) is 17.1 Å². The summed E-state index contributed by atoms with van der Waals surface area (Å²) in [5.74, 6) is 0.0433. The van der Waals surface area contributed by atoms with Gasteiger partial charge < -0.3 is 15.5 Å². The first-order chi connectivity index (χ1) is 12.9. The second-order valence-corrected chi connectivity index (χ2v) is 6.09. The van der Waals surface area contributed by atoms with Crippen molar-refractivity contribution in [3.63, 3.8) is 0 Å². The van der Waals surface area contributed by atoms with Crippen molar-refractivity contribution in [2.24, 2.45) is 4.99 Å². The average molecular weight is 367 g/mol. The minimum Gasteiger partial charge on any atom is -0.352 e. The molecule has 0 saturated carbocycles. The molecule has 0 radical (unpaired) electrons. The molecule has 0 fully saturated rings. The molecular weight excluding hydrogens is 345 g/mol. The summed E-state index contributed by atoms with van der Waals surface area (Å²) in [7, 11) is 5.05. The fraction of sp³-hybridized carbons (Fsp3) is 0.250. The maximum atomic E-state index is 13.9. The largest absolute Gasteiger partial charge is 0.352 e. The van der Waals surface area contributed by atoms with Gasteiger partial charge in [0.1, 0.15) is 5.82 Å². The molecule has 2 N–H and O–H groups in total. The molecule has 0 aromatic heterocycles. The molecule has 0 bridgehead atoms. The molecule has 1 amide bonds. The van der Waals surface area contributed by atoms with E-state index in [9.17, 15) is 9.18 Å². The highest BCUT2D eigenvalue weighted by Crippen LogP contribution is 2.10. The van der Waals surface area contributed by atoms with Crippen LogP contribution in [0.5, 0.6) is 0 Å². The number of hydrogen-bond acceptors (Lipinski definition) is 3. The van der Waals surface area contributed by atoms with Crippen LogP contribution in [0.25, 0.3) is 0 Å². The Morgan fingerprint density at radius 1 is 1.15 bits per heavy atom. The summed E-state index contributed by atoms with van der Waals surface area (Å²) >= 11 is 0. The van der Waals surface area contributed by atoms with Gasteiger partial charge in [0.15, 0.2) is 5.96 Å². The summed E-state index contributed by atoms with van der Waals surface area (Å²) in [6, 6.07) is 13.6. The lowest BCUT2D eigenvalue weighted by Gasteiger charge is -2.13. The average Bonchev–Trinajstić information content (AvgIpc) is 2.68. The van der Waals surface area contributed by atoms with Crippen molar-refractivity contribution in [1.82, 2.24) is 15.5 Å². The lowest BCUT2D eigenvalue weighted by atomic mass is 10.1. The quantitative estimate of drug-likeness (QED) is 0.628. The van der Waals surface area contributed by atoms with Crippen LogP contribution in [-0.2, 0) is 13.1 Å². The maximum Gasteiger partial charge on any atom is 0.253 e. The van der Waals surface area contributed by atoms with Crippen molar-refractivity contribution in [2.75, 3.05) is 21.1 Å². The molecule has 2 aromatic carbocycles. The van der Waals surface area contributed by atoms with Gasteiger partial charge >= 0.3 is 0 Å². The zero-order chi connectivity index (χ0) is 19.8. The van der Waals surface area contributed by atoms with Gasteiger partial charge in [-0.1, -0.05) is 18.2 Å². The van der Waals surface area contributed by atoms with Crippen molar-refractivity contribution < 1.29 is 9.18 Å². The first-order valence-electron chi connectivity index (χ1n) is 8.38. The number of halogens is 1. The van der Waals surface area contributed by atoms with E-state index in [0.29, 0.717) is 23.6 Å². The van der Waals surface area contributed by atoms with Crippen molar-refractivity contribution in [1.29, 1.82) is 5.26 Å². The Balaban J connectivity index is 1.90. The zero-order valence-corrected chi connectivity index (χ0v) is 15.6. The minimum atomic E-state index is -0.432. The standard InChI is InChI=1S/C20H22FN5O/c1-23-20(25-13-17-9-6-15(11-22)10-18(17)21)24-12-14-4-7-16(8-5-14)19(27)26(2)3/h4-10H,12-13H2,1-3H3,(H2,23,24,25). The normalized spacial score (nSPS) is 10.9. The Labute approximate surface area is 158 Å². The fourth-order valence-electron chi connectivity index (χ4n) is 2.37. The van der Waals surface area contributed by atoms with Gasteiger partial charge in [-0.2, -0.15) is 5.26 Å². The number of carbonyl (C=O) groups is 1. The van der Waals surface area contributed by atoms with E-state index in [0.717, 1.165) is 5.56 Å². The Morgan fingerprint density at radius 3 is 2.37 bits per heavy atom. The number of nitrogens with one attached hydrogen (secondary N) is 2. The molecule has 0 spiro atoms. The van der Waals surface area contributed by atoms with Crippen LogP contribution in [0.1, 0.15) is 27.0 Å². The number of hydrogen-bond donors (Lipinski definition) is 2. The number of benzene rings is 2. The second kappa shape index (κ2) is 9.34. The first kappa shape index (κ1) is 19.9. The number of nitrogens with zero attached hydrogens (tertiary/aromatic N) is 3. The van der Waals surface area contributed by atoms with Gasteiger partial charge in [-0.3, -0.25) is 9.79 Å². The van der Waals surface area contributed by atoms with Gasteiger partial charge in [-0.25, -0.2) is 4.39 Å². The first-order valence-corrected chi connectivity index (χ1v) is 8.38. The highest BCUT2D eigenvalue weighted by atomic mass is 19.1. The lowest BCUT2D eigenvalue weighted by Crippen LogP contribution is -2.36. The molecule has 2 rings (SSSR count). The van der Waals surface area contributed by atoms with Crippen LogP contribution in [0.4, 0.5) is 4.39 Å². The molecule has 27 heavy (non-hydrogen) atoms. The number of nitriles is 1. The third-order valence-corrected chi connectivity index (χ3v) is 3.92. The topological polar surface area (TPSA) is 80.5 Å². The molecule has 0 saturated heterocycles. The highest BCUT2D eigenvalue weighted by Gasteiger charge is 2.08. The van der Waals surface area contributed by atoms with Gasteiger partial charge in [0.2, 0.25) is 0 Å². The highest BCUT2D eigenvalue weighted by molar-refractivity contribution is 5.93. The second-order valence-electron chi connectivity index (χ2n) is 6.09. The minimum absolute atomic E-state index is 0.0450. The van der Waals surface area contributed by atoms with Gasteiger partial charge in [0.05, 0.1) is 11.6 Å².